The zero-order chi connectivity index (χ0) is 19.7. The monoisotopic (exact) mass is 385 g/mol. The number of rotatable bonds is 5. The van der Waals surface area contributed by atoms with E-state index in [1.54, 1.807) is 6.07 Å². The van der Waals surface area contributed by atoms with Crippen molar-refractivity contribution in [3.05, 3.63) is 40.5 Å². The van der Waals surface area contributed by atoms with Gasteiger partial charge in [0.05, 0.1) is 11.2 Å². The lowest BCUT2D eigenvalue weighted by atomic mass is 10.0. The number of para-hydroxylation sites is 1. The molecular weight excluding hydrogens is 362 g/mol. The summed E-state index contributed by atoms with van der Waals surface area (Å²) in [6, 6.07) is 7.41. The molecule has 9 nitrogen and oxygen atoms in total. The zero-order valence-electron chi connectivity index (χ0n) is 15.7. The lowest BCUT2D eigenvalue weighted by Gasteiger charge is -2.14. The highest BCUT2D eigenvalue weighted by Gasteiger charge is 2.30. The molecule has 3 aromatic rings. The minimum Gasteiger partial charge on any atom is -0.446 e. The zero-order valence-corrected chi connectivity index (χ0v) is 15.7. The van der Waals surface area contributed by atoms with Crippen molar-refractivity contribution in [2.75, 3.05) is 5.32 Å². The number of carbonyl (C=O) groups is 1. The molecule has 1 aliphatic carbocycles. The Morgan fingerprint density at radius 3 is 3.04 bits per heavy atom. The van der Waals surface area contributed by atoms with Crippen LogP contribution in [-0.2, 0) is 4.74 Å². The summed E-state index contributed by atoms with van der Waals surface area (Å²) in [6.45, 7) is 3.80. The molecule has 1 aromatic carbocycles. The fraction of sp³-hybridized carbons (Fsp3) is 0.421. The van der Waals surface area contributed by atoms with E-state index < -0.39 is 5.76 Å². The third kappa shape index (κ3) is 3.88. The van der Waals surface area contributed by atoms with Crippen LogP contribution >= 0.6 is 0 Å². The summed E-state index contributed by atoms with van der Waals surface area (Å²) >= 11 is 0. The SMILES string of the molecule is CC(C)NC(=O)O[C@@H]1CC[C@H](c2cc(Nc3cccc4[nH]c(=O)oc34)n[nH]2)C1. The molecule has 0 spiro atoms. The van der Waals surface area contributed by atoms with Gasteiger partial charge in [-0.05, 0) is 45.2 Å². The van der Waals surface area contributed by atoms with Crippen LogP contribution in [0.2, 0.25) is 0 Å². The highest BCUT2D eigenvalue weighted by molar-refractivity contribution is 5.87. The maximum atomic E-state index is 11.8. The molecule has 0 bridgehead atoms. The number of aromatic amines is 2. The number of ether oxygens (including phenoxy) is 1. The molecule has 0 aliphatic heterocycles. The summed E-state index contributed by atoms with van der Waals surface area (Å²) in [5.74, 6) is 0.389. The van der Waals surface area contributed by atoms with Crippen molar-refractivity contribution in [2.45, 2.75) is 51.2 Å². The Kier molecular flexibility index (Phi) is 4.81. The van der Waals surface area contributed by atoms with Gasteiger partial charge in [-0.25, -0.2) is 9.59 Å². The number of aromatic nitrogens is 3. The van der Waals surface area contributed by atoms with Gasteiger partial charge in [0.25, 0.3) is 0 Å². The van der Waals surface area contributed by atoms with Gasteiger partial charge in [0.1, 0.15) is 6.10 Å². The first-order chi connectivity index (χ1) is 13.5. The summed E-state index contributed by atoms with van der Waals surface area (Å²) in [5.41, 5.74) is 2.73. The molecule has 0 radical (unpaired) electrons. The Bertz CT molecular complexity index is 1030. The molecule has 2 heterocycles. The standard InChI is InChI=1S/C19H23N5O4/c1-10(2)20-18(25)27-12-7-6-11(8-12)15-9-16(24-23-15)21-13-4-3-5-14-17(13)28-19(26)22-14/h3-5,9-12H,6-8H2,1-2H3,(H,20,25)(H,22,26)(H2,21,23,24)/t11-,12+/m0/s1. The van der Waals surface area contributed by atoms with Crippen LogP contribution in [0.25, 0.3) is 11.1 Å². The predicted molar refractivity (Wildman–Crippen MR) is 104 cm³/mol. The summed E-state index contributed by atoms with van der Waals surface area (Å²) in [4.78, 5) is 25.8. The van der Waals surface area contributed by atoms with Gasteiger partial charge in [0.2, 0.25) is 0 Å². The molecule has 2 atom stereocenters. The van der Waals surface area contributed by atoms with E-state index in [-0.39, 0.29) is 24.2 Å². The van der Waals surface area contributed by atoms with E-state index in [1.165, 1.54) is 0 Å². The van der Waals surface area contributed by atoms with E-state index in [1.807, 2.05) is 32.0 Å². The first kappa shape index (κ1) is 18.1. The molecule has 1 saturated carbocycles. The van der Waals surface area contributed by atoms with Crippen molar-refractivity contribution >= 4 is 28.7 Å². The molecule has 0 saturated heterocycles. The lowest BCUT2D eigenvalue weighted by molar-refractivity contribution is 0.0981. The first-order valence-corrected chi connectivity index (χ1v) is 9.39. The average molecular weight is 385 g/mol. The van der Waals surface area contributed by atoms with E-state index in [4.69, 9.17) is 9.15 Å². The molecular formula is C19H23N5O4. The number of amides is 1. The molecule has 4 rings (SSSR count). The number of nitrogens with zero attached hydrogens (tertiary/aromatic N) is 1. The van der Waals surface area contributed by atoms with Crippen LogP contribution in [0.5, 0.6) is 0 Å². The average Bonchev–Trinajstić information content (AvgIpc) is 3.33. The molecule has 148 valence electrons. The quantitative estimate of drug-likeness (QED) is 0.534. The number of H-pyrrole nitrogens is 2. The number of nitrogens with one attached hydrogen (secondary N) is 4. The van der Waals surface area contributed by atoms with E-state index in [9.17, 15) is 9.59 Å². The van der Waals surface area contributed by atoms with Gasteiger partial charge in [0, 0.05) is 23.7 Å². The van der Waals surface area contributed by atoms with Crippen LogP contribution in [-0.4, -0.2) is 33.4 Å². The van der Waals surface area contributed by atoms with Crippen LogP contribution in [0.4, 0.5) is 16.3 Å². The van der Waals surface area contributed by atoms with Crippen molar-refractivity contribution in [3.8, 4) is 0 Å². The Morgan fingerprint density at radius 2 is 2.21 bits per heavy atom. The maximum Gasteiger partial charge on any atom is 0.417 e. The third-order valence-corrected chi connectivity index (χ3v) is 4.81. The van der Waals surface area contributed by atoms with E-state index in [2.05, 4.69) is 25.8 Å². The van der Waals surface area contributed by atoms with Gasteiger partial charge in [0.15, 0.2) is 11.4 Å². The minimum atomic E-state index is -0.495. The molecule has 28 heavy (non-hydrogen) atoms. The lowest BCUT2D eigenvalue weighted by Crippen LogP contribution is -2.33. The highest BCUT2D eigenvalue weighted by atomic mass is 16.6. The topological polar surface area (TPSA) is 125 Å². The van der Waals surface area contributed by atoms with Crippen LogP contribution in [0.3, 0.4) is 0 Å². The number of fused-ring (bicyclic) bond motifs is 1. The van der Waals surface area contributed by atoms with Gasteiger partial charge in [-0.2, -0.15) is 5.10 Å². The fourth-order valence-electron chi connectivity index (χ4n) is 3.57. The Balaban J connectivity index is 1.41. The second kappa shape index (κ2) is 7.41. The van der Waals surface area contributed by atoms with Gasteiger partial charge < -0.3 is 19.8 Å². The minimum absolute atomic E-state index is 0.0554. The van der Waals surface area contributed by atoms with Crippen molar-refractivity contribution in [1.29, 1.82) is 0 Å². The third-order valence-electron chi connectivity index (χ3n) is 4.81. The molecule has 9 heteroatoms. The van der Waals surface area contributed by atoms with Crippen LogP contribution < -0.4 is 16.4 Å². The van der Waals surface area contributed by atoms with Crippen molar-refractivity contribution in [1.82, 2.24) is 20.5 Å². The molecule has 2 aromatic heterocycles. The highest BCUT2D eigenvalue weighted by Crippen LogP contribution is 2.36. The molecule has 1 aliphatic rings. The predicted octanol–water partition coefficient (Wildman–Crippen LogP) is 3.36. The number of anilines is 2. The number of carbonyl (C=O) groups excluding carboxylic acids is 1. The number of hydrogen-bond acceptors (Lipinski definition) is 6. The number of alkyl carbamates (subject to hydrolysis) is 1. The van der Waals surface area contributed by atoms with Crippen molar-refractivity contribution in [2.24, 2.45) is 0 Å². The molecule has 1 amide bonds. The summed E-state index contributed by atoms with van der Waals surface area (Å²) < 4.78 is 10.7. The van der Waals surface area contributed by atoms with Crippen molar-refractivity contribution in [3.63, 3.8) is 0 Å². The maximum absolute atomic E-state index is 11.8. The summed E-state index contributed by atoms with van der Waals surface area (Å²) in [6.07, 6.45) is 2.05. The number of hydrogen-bond donors (Lipinski definition) is 4. The second-order valence-corrected chi connectivity index (χ2v) is 7.37. The van der Waals surface area contributed by atoms with Crippen LogP contribution in [0.1, 0.15) is 44.7 Å². The fourth-order valence-corrected chi connectivity index (χ4v) is 3.57. The number of benzene rings is 1. The van der Waals surface area contributed by atoms with Gasteiger partial charge in [-0.15, -0.1) is 0 Å². The largest absolute Gasteiger partial charge is 0.446 e. The smallest absolute Gasteiger partial charge is 0.417 e. The van der Waals surface area contributed by atoms with E-state index >= 15 is 0 Å². The van der Waals surface area contributed by atoms with Gasteiger partial charge >= 0.3 is 11.8 Å². The summed E-state index contributed by atoms with van der Waals surface area (Å²) in [5, 5.41) is 13.3. The number of oxazole rings is 1. The van der Waals surface area contributed by atoms with Crippen LogP contribution in [0.15, 0.2) is 33.5 Å². The molecule has 1 fully saturated rings. The van der Waals surface area contributed by atoms with Gasteiger partial charge in [-0.1, -0.05) is 6.07 Å². The molecule has 4 N–H and O–H groups in total. The Hall–Kier alpha value is -3.23. The first-order valence-electron chi connectivity index (χ1n) is 9.39. The van der Waals surface area contributed by atoms with Crippen LogP contribution in [0, 0.1) is 0 Å². The Morgan fingerprint density at radius 1 is 1.36 bits per heavy atom. The van der Waals surface area contributed by atoms with Gasteiger partial charge in [-0.3, -0.25) is 10.1 Å². The molecule has 0 unspecified atom stereocenters. The Labute approximate surface area is 160 Å². The summed E-state index contributed by atoms with van der Waals surface area (Å²) in [7, 11) is 0. The normalized spacial score (nSPS) is 19.2. The van der Waals surface area contributed by atoms with E-state index in [0.717, 1.165) is 25.0 Å². The second-order valence-electron chi connectivity index (χ2n) is 7.37. The van der Waals surface area contributed by atoms with Crippen molar-refractivity contribution < 1.29 is 13.9 Å². The van der Waals surface area contributed by atoms with E-state index in [0.29, 0.717) is 22.6 Å².